The first kappa shape index (κ1) is 36.1. The highest BCUT2D eigenvalue weighted by molar-refractivity contribution is 7.34. The fraction of sp³-hybridized carbons (Fsp3) is 0.214. The molecule has 2 aromatic heterocycles. The summed E-state index contributed by atoms with van der Waals surface area (Å²) in [6.07, 6.45) is 2.40. The Morgan fingerprint density at radius 3 is 2.10 bits per heavy atom. The fourth-order valence-electron chi connectivity index (χ4n) is 11.0. The topological polar surface area (TPSA) is 16.4 Å². The van der Waals surface area contributed by atoms with E-state index in [0.29, 0.717) is 0 Å². The van der Waals surface area contributed by atoms with Crippen LogP contribution in [-0.4, -0.2) is 6.71 Å². The van der Waals surface area contributed by atoms with Gasteiger partial charge < -0.3 is 9.32 Å². The smallest absolute Gasteiger partial charge is 0.260 e. The van der Waals surface area contributed by atoms with Crippen LogP contribution in [0.5, 0.6) is 0 Å². The first-order chi connectivity index (χ1) is 28.9. The van der Waals surface area contributed by atoms with Crippen molar-refractivity contribution in [3.8, 4) is 33.4 Å². The third kappa shape index (κ3) is 5.07. The van der Waals surface area contributed by atoms with Crippen LogP contribution in [0.4, 0.5) is 17.1 Å². The van der Waals surface area contributed by atoms with Crippen LogP contribution < -0.4 is 20.6 Å². The number of hydrogen-bond acceptors (Lipinski definition) is 3. The molecule has 12 rings (SSSR count). The van der Waals surface area contributed by atoms with E-state index < -0.39 is 0 Å². The van der Waals surface area contributed by atoms with Crippen molar-refractivity contribution in [1.82, 2.24) is 0 Å². The molecule has 0 unspecified atom stereocenters. The number of fused-ring (bicyclic) bond motifs is 11. The lowest BCUT2D eigenvalue weighted by Gasteiger charge is -2.42. The number of rotatable bonds is 3. The molecule has 1 aliphatic carbocycles. The Balaban J connectivity index is 1.21. The number of furan rings is 1. The minimum Gasteiger partial charge on any atom is -0.456 e. The van der Waals surface area contributed by atoms with Crippen LogP contribution in [0.1, 0.15) is 78.0 Å². The predicted octanol–water partition coefficient (Wildman–Crippen LogP) is 14.1. The Labute approximate surface area is 357 Å². The summed E-state index contributed by atoms with van der Waals surface area (Å²) in [4.78, 5) is 2.60. The van der Waals surface area contributed by atoms with Gasteiger partial charge in [-0.2, -0.15) is 0 Å². The minimum atomic E-state index is -0.00150. The summed E-state index contributed by atoms with van der Waals surface area (Å²) >= 11 is 2.03. The van der Waals surface area contributed by atoms with Crippen molar-refractivity contribution >= 4 is 82.8 Å². The molecule has 292 valence electrons. The van der Waals surface area contributed by atoms with Crippen molar-refractivity contribution in [2.45, 2.75) is 77.6 Å². The van der Waals surface area contributed by atoms with Crippen molar-refractivity contribution < 1.29 is 4.42 Å². The highest BCUT2D eigenvalue weighted by atomic mass is 32.1. The van der Waals surface area contributed by atoms with Crippen LogP contribution in [0, 0.1) is 0 Å². The molecule has 9 aromatic rings. The molecule has 4 heteroatoms. The second kappa shape index (κ2) is 12.4. The van der Waals surface area contributed by atoms with Gasteiger partial charge in [0.2, 0.25) is 0 Å². The number of para-hydroxylation sites is 2. The Bertz CT molecular complexity index is 3270. The van der Waals surface area contributed by atoms with Crippen LogP contribution in [0.2, 0.25) is 0 Å². The molecule has 2 nitrogen and oxygen atoms in total. The number of hydrogen-bond donors (Lipinski definition) is 0. The van der Waals surface area contributed by atoms with Crippen molar-refractivity contribution in [1.29, 1.82) is 0 Å². The molecule has 0 fully saturated rings. The molecule has 0 radical (unpaired) electrons. The van der Waals surface area contributed by atoms with Gasteiger partial charge in [0, 0.05) is 37.8 Å². The quantitative estimate of drug-likeness (QED) is 0.166. The van der Waals surface area contributed by atoms with Gasteiger partial charge in [-0.15, -0.1) is 11.3 Å². The molecule has 60 heavy (non-hydrogen) atoms. The lowest BCUT2D eigenvalue weighted by Crippen LogP contribution is -2.54. The van der Waals surface area contributed by atoms with Crippen LogP contribution in [-0.2, 0) is 16.2 Å². The van der Waals surface area contributed by atoms with E-state index in [0.717, 1.165) is 16.6 Å². The van der Waals surface area contributed by atoms with Gasteiger partial charge in [-0.25, -0.2) is 0 Å². The van der Waals surface area contributed by atoms with Gasteiger partial charge >= 0.3 is 0 Å². The molecule has 7 aromatic carbocycles. The molecular weight excluding hydrogens is 746 g/mol. The summed E-state index contributed by atoms with van der Waals surface area (Å²) in [5, 5.41) is 3.73. The van der Waals surface area contributed by atoms with Crippen LogP contribution in [0.3, 0.4) is 0 Å². The average molecular weight is 794 g/mol. The predicted molar refractivity (Wildman–Crippen MR) is 259 cm³/mol. The first-order valence-corrected chi connectivity index (χ1v) is 22.5. The highest BCUT2D eigenvalue weighted by Crippen LogP contribution is 2.52. The Kier molecular flexibility index (Phi) is 7.43. The van der Waals surface area contributed by atoms with Crippen molar-refractivity contribution in [3.63, 3.8) is 0 Å². The lowest BCUT2D eigenvalue weighted by atomic mass is 9.39. The Hall–Kier alpha value is -5.84. The van der Waals surface area contributed by atoms with Crippen molar-refractivity contribution in [2.24, 2.45) is 0 Å². The maximum Gasteiger partial charge on any atom is 0.260 e. The van der Waals surface area contributed by atoms with Crippen molar-refractivity contribution in [2.75, 3.05) is 4.90 Å². The summed E-state index contributed by atoms with van der Waals surface area (Å²) in [6, 6.07) is 52.7. The average Bonchev–Trinajstić information content (AvgIpc) is 3.91. The summed E-state index contributed by atoms with van der Waals surface area (Å²) in [5.74, 6) is 0. The normalized spacial score (nSPS) is 16.0. The Morgan fingerprint density at radius 1 is 0.583 bits per heavy atom. The van der Waals surface area contributed by atoms with E-state index in [2.05, 4.69) is 193 Å². The first-order valence-electron chi connectivity index (χ1n) is 21.7. The summed E-state index contributed by atoms with van der Waals surface area (Å²) in [6.45, 7) is 16.9. The zero-order valence-electron chi connectivity index (χ0n) is 35.5. The number of benzene rings is 7. The fourth-order valence-corrected chi connectivity index (χ4v) is 12.3. The molecule has 4 heterocycles. The summed E-state index contributed by atoms with van der Waals surface area (Å²) < 4.78 is 9.40. The molecule has 0 N–H and O–H groups in total. The van der Waals surface area contributed by atoms with E-state index in [4.69, 9.17) is 4.42 Å². The van der Waals surface area contributed by atoms with E-state index in [1.54, 1.807) is 0 Å². The largest absolute Gasteiger partial charge is 0.456 e. The van der Waals surface area contributed by atoms with Gasteiger partial charge in [0.25, 0.3) is 6.71 Å². The zero-order valence-corrected chi connectivity index (χ0v) is 36.4. The zero-order chi connectivity index (χ0) is 40.9. The standard InChI is InChI=1S/C56H48BNOS/c1-54(2,3)35-24-25-44(38(30-35)33-16-9-8-10-17-33)58-45-21-13-12-20-43(45)57-52-40(51-39-31-41-42(32-49(39)60-53(51)57)56(6,7)27-26-55(41,4)5)28-34(29-46(52)58)36-19-15-23-48-50(36)37-18-11-14-22-47(37)59-48/h8-25,28-32H,26-27H2,1-7H3. The number of anilines is 3. The van der Waals surface area contributed by atoms with Gasteiger partial charge in [-0.1, -0.05) is 133 Å². The maximum absolute atomic E-state index is 6.51. The van der Waals surface area contributed by atoms with Gasteiger partial charge in [0.15, 0.2) is 0 Å². The molecule has 2 aliphatic heterocycles. The third-order valence-corrected chi connectivity index (χ3v) is 15.5. The summed E-state index contributed by atoms with van der Waals surface area (Å²) in [7, 11) is 0. The number of thiophene rings is 1. The summed E-state index contributed by atoms with van der Waals surface area (Å²) in [5.41, 5.74) is 20.6. The molecule has 0 spiro atoms. The minimum absolute atomic E-state index is 0.00150. The third-order valence-electron chi connectivity index (χ3n) is 14.3. The second-order valence-electron chi connectivity index (χ2n) is 19.9. The maximum atomic E-state index is 6.51. The second-order valence-corrected chi connectivity index (χ2v) is 21.0. The van der Waals surface area contributed by atoms with E-state index in [1.807, 2.05) is 11.3 Å². The van der Waals surface area contributed by atoms with Crippen molar-refractivity contribution in [3.05, 3.63) is 156 Å². The van der Waals surface area contributed by atoms with Crippen LogP contribution in [0.15, 0.2) is 144 Å². The van der Waals surface area contributed by atoms with Gasteiger partial charge in [-0.3, -0.25) is 0 Å². The highest BCUT2D eigenvalue weighted by Gasteiger charge is 2.46. The van der Waals surface area contributed by atoms with Gasteiger partial charge in [-0.05, 0) is 144 Å². The molecular formula is C56H48BNOS. The molecule has 0 bridgehead atoms. The molecule has 0 saturated heterocycles. The SMILES string of the molecule is CC(C)(C)c1ccc(N2c3ccccc3B3c4sc5cc6c(cc5c4-c4cc(-c5cccc7oc8ccccc8c57)cc2c43)C(C)(C)CCC6(C)C)c(-c2ccccc2)c1. The molecule has 0 atom stereocenters. The monoisotopic (exact) mass is 793 g/mol. The molecule has 0 saturated carbocycles. The lowest BCUT2D eigenvalue weighted by molar-refractivity contribution is 0.332. The van der Waals surface area contributed by atoms with Crippen LogP contribution in [0.25, 0.3) is 65.4 Å². The van der Waals surface area contributed by atoms with Gasteiger partial charge in [0.05, 0.1) is 5.69 Å². The van der Waals surface area contributed by atoms with Crippen LogP contribution >= 0.6 is 11.3 Å². The Morgan fingerprint density at radius 2 is 1.30 bits per heavy atom. The van der Waals surface area contributed by atoms with E-state index in [-0.39, 0.29) is 23.0 Å². The van der Waals surface area contributed by atoms with E-state index in [1.165, 1.54) is 111 Å². The molecule has 3 aliphatic rings. The van der Waals surface area contributed by atoms with E-state index in [9.17, 15) is 0 Å². The van der Waals surface area contributed by atoms with E-state index >= 15 is 0 Å². The van der Waals surface area contributed by atoms with Gasteiger partial charge in [0.1, 0.15) is 11.2 Å². The number of nitrogens with zero attached hydrogens (tertiary/aromatic N) is 1. The molecule has 0 amide bonds.